The minimum Gasteiger partial charge on any atom is -0.480 e. The number of carboxylic acid groups (broad SMARTS) is 1. The second-order valence-electron chi connectivity index (χ2n) is 11.9. The maximum atomic E-state index is 14.3. The molecule has 0 fully saturated rings. The molecule has 0 saturated carbocycles. The van der Waals surface area contributed by atoms with Crippen molar-refractivity contribution in [2.45, 2.75) is 64.0 Å². The number of benzene rings is 2. The Bertz CT molecular complexity index is 1400. The molecule has 10 nitrogen and oxygen atoms in total. The predicted octanol–water partition coefficient (Wildman–Crippen LogP) is 4.43. The molecule has 1 aliphatic heterocycles. The first-order valence-corrected chi connectivity index (χ1v) is 16.9. The summed E-state index contributed by atoms with van der Waals surface area (Å²) in [6.07, 6.45) is -1.15. The molecule has 4 N–H and O–H groups in total. The number of hydrogen-bond donors (Lipinski definition) is 3. The Kier molecular flexibility index (Phi) is 12.3. The van der Waals surface area contributed by atoms with Gasteiger partial charge >= 0.3 is 5.97 Å². The number of carbonyl (C=O) groups is 4. The van der Waals surface area contributed by atoms with Crippen LogP contribution in [0.15, 0.2) is 53.5 Å². The average molecular weight is 662 g/mol. The fourth-order valence-corrected chi connectivity index (χ4v) is 7.08. The smallest absolute Gasteiger partial charge is 0.326 e. The number of amides is 3. The fraction of sp³-hybridized carbons (Fsp3) is 0.452. The van der Waals surface area contributed by atoms with E-state index in [0.717, 1.165) is 0 Å². The number of hydrogen-bond acceptors (Lipinski definition) is 8. The summed E-state index contributed by atoms with van der Waals surface area (Å²) in [4.78, 5) is 60.1. The van der Waals surface area contributed by atoms with E-state index in [1.54, 1.807) is 29.0 Å². The lowest BCUT2D eigenvalue weighted by molar-refractivity contribution is -0.142. The summed E-state index contributed by atoms with van der Waals surface area (Å²) < 4.78 is -0.0333. The molecule has 44 heavy (non-hydrogen) atoms. The van der Waals surface area contributed by atoms with Crippen molar-refractivity contribution in [3.63, 3.8) is 0 Å². The number of carbonyl (C=O) groups excluding carboxylic acids is 3. The summed E-state index contributed by atoms with van der Waals surface area (Å²) >= 11 is 6.41. The van der Waals surface area contributed by atoms with Crippen molar-refractivity contribution in [3.05, 3.63) is 64.7 Å². The molecule has 13 heteroatoms. The van der Waals surface area contributed by atoms with Gasteiger partial charge in [-0.3, -0.25) is 19.3 Å². The molecule has 0 aliphatic carbocycles. The molecule has 0 bridgehead atoms. The van der Waals surface area contributed by atoms with Crippen LogP contribution in [0.4, 0.5) is 5.69 Å². The van der Waals surface area contributed by atoms with E-state index in [-0.39, 0.29) is 17.1 Å². The highest BCUT2D eigenvalue weighted by Crippen LogP contribution is 2.35. The van der Waals surface area contributed by atoms with E-state index >= 15 is 0 Å². The molecule has 0 radical (unpaired) electrons. The zero-order chi connectivity index (χ0) is 32.8. The average Bonchev–Trinajstić information content (AvgIpc) is 3.05. The van der Waals surface area contributed by atoms with Gasteiger partial charge in [0.25, 0.3) is 5.91 Å². The van der Waals surface area contributed by atoms with Crippen LogP contribution in [0.2, 0.25) is 5.02 Å². The second kappa shape index (κ2) is 15.3. The van der Waals surface area contributed by atoms with Crippen molar-refractivity contribution in [2.24, 2.45) is 16.6 Å². The summed E-state index contributed by atoms with van der Waals surface area (Å²) in [7, 11) is 4.54. The monoisotopic (exact) mass is 661 g/mol. The van der Waals surface area contributed by atoms with Gasteiger partial charge in [-0.25, -0.2) is 9.79 Å². The summed E-state index contributed by atoms with van der Waals surface area (Å²) in [5, 5.41) is 12.6. The zero-order valence-electron chi connectivity index (χ0n) is 25.7. The van der Waals surface area contributed by atoms with Gasteiger partial charge in [-0.05, 0) is 30.5 Å². The Hall–Kier alpha value is -3.06. The van der Waals surface area contributed by atoms with Gasteiger partial charge in [-0.1, -0.05) is 98.1 Å². The first-order chi connectivity index (χ1) is 20.6. The van der Waals surface area contributed by atoms with Gasteiger partial charge in [-0.2, -0.15) is 0 Å². The number of likely N-dealkylation sites (N-methyl/N-ethyl adjacent to an activating group) is 1. The number of aliphatic imine (C=N–C) groups is 1. The van der Waals surface area contributed by atoms with Crippen molar-refractivity contribution >= 4 is 68.3 Å². The SMILES string of the molecule is CC(C)C[C@H](NC(=O)CN1C(=O)C(N(C)C(=O)C(N)CSSC(C)(C)C)N=C(c2ccccc2)c2cc(Cl)ccc21)C(=O)O. The van der Waals surface area contributed by atoms with E-state index in [1.165, 1.54) is 27.6 Å². The van der Waals surface area contributed by atoms with E-state index in [2.05, 4.69) is 26.1 Å². The number of benzodiazepines with no additional fused rings is 1. The summed E-state index contributed by atoms with van der Waals surface area (Å²) in [6.45, 7) is 9.38. The molecular weight excluding hydrogens is 622 g/mol. The molecule has 2 aromatic rings. The summed E-state index contributed by atoms with van der Waals surface area (Å²) in [5.74, 6) is -2.65. The zero-order valence-corrected chi connectivity index (χ0v) is 28.1. The molecule has 1 aliphatic rings. The lowest BCUT2D eigenvalue weighted by Gasteiger charge is -2.30. The Morgan fingerprint density at radius 3 is 2.41 bits per heavy atom. The number of fused-ring (bicyclic) bond motifs is 1. The van der Waals surface area contributed by atoms with Crippen LogP contribution in [-0.2, 0) is 19.2 Å². The first-order valence-electron chi connectivity index (χ1n) is 14.2. The van der Waals surface area contributed by atoms with Crippen LogP contribution in [0.25, 0.3) is 0 Å². The number of carboxylic acids is 1. The minimum atomic E-state index is -1.37. The van der Waals surface area contributed by atoms with Crippen LogP contribution >= 0.6 is 33.2 Å². The van der Waals surface area contributed by atoms with Crippen LogP contribution < -0.4 is 16.0 Å². The van der Waals surface area contributed by atoms with Crippen molar-refractivity contribution in [3.8, 4) is 0 Å². The molecule has 2 unspecified atom stereocenters. The Labute approximate surface area is 271 Å². The van der Waals surface area contributed by atoms with E-state index in [1.807, 2.05) is 44.2 Å². The minimum absolute atomic E-state index is 0.00845. The molecule has 0 spiro atoms. The van der Waals surface area contributed by atoms with Crippen LogP contribution in [0, 0.1) is 5.92 Å². The van der Waals surface area contributed by atoms with Gasteiger partial charge in [0.05, 0.1) is 17.4 Å². The lowest BCUT2D eigenvalue weighted by atomic mass is 10.00. The molecule has 3 atom stereocenters. The number of halogens is 1. The lowest BCUT2D eigenvalue weighted by Crippen LogP contribution is -2.55. The summed E-state index contributed by atoms with van der Waals surface area (Å²) in [6, 6.07) is 12.0. The van der Waals surface area contributed by atoms with Crippen molar-refractivity contribution in [1.29, 1.82) is 0 Å². The Morgan fingerprint density at radius 1 is 1.16 bits per heavy atom. The molecule has 3 amide bonds. The molecule has 2 aromatic carbocycles. The highest BCUT2D eigenvalue weighted by atomic mass is 35.5. The maximum Gasteiger partial charge on any atom is 0.326 e. The number of anilines is 1. The standard InChI is InChI=1S/C31H40ClN5O5S2/c1-18(2)14-23(30(41)42)34-25(38)16-37-24-13-12-20(32)15-21(24)26(19-10-8-7-9-11-19)35-27(29(37)40)36(6)28(39)22(33)17-43-44-31(3,4)5/h7-13,15,18,22-23,27H,14,16-17,33H2,1-6H3,(H,34,38)(H,41,42)/t22?,23-,27?/m0/s1. The van der Waals surface area contributed by atoms with Crippen LogP contribution in [0.3, 0.4) is 0 Å². The normalized spacial score (nSPS) is 16.5. The quantitative estimate of drug-likeness (QED) is 0.283. The third kappa shape index (κ3) is 9.47. The van der Waals surface area contributed by atoms with Gasteiger partial charge in [0, 0.05) is 33.7 Å². The van der Waals surface area contributed by atoms with Crippen molar-refractivity contribution in [1.82, 2.24) is 10.2 Å². The number of nitrogens with zero attached hydrogens (tertiary/aromatic N) is 3. The molecule has 238 valence electrons. The number of nitrogens with two attached hydrogens (primary N) is 1. The van der Waals surface area contributed by atoms with Crippen molar-refractivity contribution < 1.29 is 24.3 Å². The van der Waals surface area contributed by atoms with E-state index in [9.17, 15) is 24.3 Å². The summed E-state index contributed by atoms with van der Waals surface area (Å²) in [5.41, 5.74) is 8.19. The molecular formula is C31H40ClN5O5S2. The Balaban J connectivity index is 2.05. The second-order valence-corrected chi connectivity index (χ2v) is 15.5. The number of nitrogens with one attached hydrogen (secondary N) is 1. The largest absolute Gasteiger partial charge is 0.480 e. The molecule has 0 saturated heterocycles. The van der Waals surface area contributed by atoms with Gasteiger partial charge in [-0.15, -0.1) is 0 Å². The van der Waals surface area contributed by atoms with Gasteiger partial charge in [0.2, 0.25) is 18.0 Å². The highest BCUT2D eigenvalue weighted by molar-refractivity contribution is 8.77. The molecule has 1 heterocycles. The van der Waals surface area contributed by atoms with Crippen LogP contribution in [-0.4, -0.2) is 81.8 Å². The Morgan fingerprint density at radius 2 is 1.82 bits per heavy atom. The van der Waals surface area contributed by atoms with Crippen molar-refractivity contribution in [2.75, 3.05) is 24.2 Å². The number of aliphatic carboxylic acids is 1. The fourth-order valence-electron chi connectivity index (χ4n) is 4.49. The maximum absolute atomic E-state index is 14.3. The third-order valence-corrected chi connectivity index (χ3v) is 10.1. The number of rotatable bonds is 12. The van der Waals surface area contributed by atoms with Gasteiger partial charge in [0.15, 0.2) is 0 Å². The molecule has 0 aromatic heterocycles. The van der Waals surface area contributed by atoms with Gasteiger partial charge in [0.1, 0.15) is 12.6 Å². The topological polar surface area (TPSA) is 145 Å². The van der Waals surface area contributed by atoms with E-state index in [4.69, 9.17) is 22.3 Å². The molecule has 3 rings (SSSR count). The predicted molar refractivity (Wildman–Crippen MR) is 179 cm³/mol. The third-order valence-electron chi connectivity index (χ3n) is 6.52. The van der Waals surface area contributed by atoms with E-state index < -0.39 is 48.5 Å². The van der Waals surface area contributed by atoms with E-state index in [0.29, 0.717) is 33.3 Å². The van der Waals surface area contributed by atoms with Gasteiger partial charge < -0.3 is 21.1 Å². The van der Waals surface area contributed by atoms with Crippen LogP contribution in [0.1, 0.15) is 52.2 Å². The van der Waals surface area contributed by atoms with Crippen LogP contribution in [0.5, 0.6) is 0 Å². The highest BCUT2D eigenvalue weighted by Gasteiger charge is 2.38. The first kappa shape index (κ1) is 35.4.